The average molecular weight is 293 g/mol. The first-order valence-corrected chi connectivity index (χ1v) is 4.90. The van der Waals surface area contributed by atoms with Crippen LogP contribution in [0.1, 0.15) is 24.4 Å². The fourth-order valence-corrected chi connectivity index (χ4v) is 1.41. The molecule has 0 heterocycles. The Morgan fingerprint density at radius 3 is 1.53 bits per heavy atom. The van der Waals surface area contributed by atoms with E-state index in [0.717, 1.165) is 0 Å². The fourth-order valence-electron chi connectivity index (χ4n) is 1.41. The molecule has 0 radical (unpaired) electrons. The van der Waals surface area contributed by atoms with Crippen LogP contribution in [0.25, 0.3) is 0 Å². The molecule has 0 bridgehead atoms. The van der Waals surface area contributed by atoms with E-state index in [1.165, 1.54) is 0 Å². The van der Waals surface area contributed by atoms with Crippen molar-refractivity contribution >= 4 is 0 Å². The van der Waals surface area contributed by atoms with Crippen molar-refractivity contribution in [2.75, 3.05) is 0 Å². The molecule has 0 aliphatic heterocycles. The third-order valence-corrected chi connectivity index (χ3v) is 2.35. The van der Waals surface area contributed by atoms with Crippen molar-refractivity contribution in [2.45, 2.75) is 25.1 Å². The average Bonchev–Trinajstić information content (AvgIpc) is 2.31. The van der Waals surface area contributed by atoms with Gasteiger partial charge in [-0.25, -0.2) is 22.0 Å². The van der Waals surface area contributed by atoms with E-state index in [9.17, 15) is 35.1 Å². The zero-order valence-electron chi connectivity index (χ0n) is 9.09. The smallest absolute Gasteiger partial charge is 0.324 e. The van der Waals surface area contributed by atoms with Crippen molar-refractivity contribution in [3.05, 3.63) is 34.6 Å². The van der Waals surface area contributed by atoms with Gasteiger partial charge in [-0.1, -0.05) is 0 Å². The van der Waals surface area contributed by atoms with Crippen LogP contribution in [-0.4, -0.2) is 6.18 Å². The SMILES string of the molecule is N[C@@H](CCC(F)(F)F)c1c(F)c(F)c(F)c(F)c1F. The second-order valence-corrected chi connectivity index (χ2v) is 3.74. The van der Waals surface area contributed by atoms with Crippen molar-refractivity contribution < 1.29 is 35.1 Å². The molecular weight excluding hydrogens is 286 g/mol. The lowest BCUT2D eigenvalue weighted by Gasteiger charge is -2.16. The highest BCUT2D eigenvalue weighted by Gasteiger charge is 2.32. The van der Waals surface area contributed by atoms with Crippen LogP contribution in [0.5, 0.6) is 0 Å². The minimum atomic E-state index is -4.65. The maximum atomic E-state index is 13.2. The van der Waals surface area contributed by atoms with Crippen molar-refractivity contribution in [1.82, 2.24) is 0 Å². The number of halogens is 8. The fraction of sp³-hybridized carbons (Fsp3) is 0.400. The van der Waals surface area contributed by atoms with Crippen LogP contribution < -0.4 is 5.73 Å². The number of hydrogen-bond acceptors (Lipinski definition) is 1. The van der Waals surface area contributed by atoms with Crippen LogP contribution in [0.2, 0.25) is 0 Å². The van der Waals surface area contributed by atoms with E-state index in [2.05, 4.69) is 0 Å². The predicted octanol–water partition coefficient (Wildman–Crippen LogP) is 3.72. The van der Waals surface area contributed by atoms with Crippen LogP contribution in [0.3, 0.4) is 0 Å². The Hall–Kier alpha value is -1.38. The molecule has 0 fully saturated rings. The summed E-state index contributed by atoms with van der Waals surface area (Å²) < 4.78 is 100. The highest BCUT2D eigenvalue weighted by Crippen LogP contribution is 2.31. The van der Waals surface area contributed by atoms with Crippen molar-refractivity contribution in [2.24, 2.45) is 5.73 Å². The minimum Gasteiger partial charge on any atom is -0.324 e. The molecule has 1 atom stereocenters. The van der Waals surface area contributed by atoms with Gasteiger partial charge in [0.25, 0.3) is 0 Å². The molecule has 1 aromatic rings. The lowest BCUT2D eigenvalue weighted by atomic mass is 10.0. The molecule has 0 unspecified atom stereocenters. The van der Waals surface area contributed by atoms with E-state index in [4.69, 9.17) is 5.73 Å². The molecule has 0 aliphatic carbocycles. The Balaban J connectivity index is 3.14. The maximum Gasteiger partial charge on any atom is 0.389 e. The number of benzene rings is 1. The number of alkyl halides is 3. The summed E-state index contributed by atoms with van der Waals surface area (Å²) in [7, 11) is 0. The Labute approximate surface area is 102 Å². The van der Waals surface area contributed by atoms with Gasteiger partial charge >= 0.3 is 6.18 Å². The van der Waals surface area contributed by atoms with Gasteiger partial charge in [-0.15, -0.1) is 0 Å². The molecule has 1 nitrogen and oxygen atoms in total. The van der Waals surface area contributed by atoms with E-state index in [1.54, 1.807) is 0 Å². The first kappa shape index (κ1) is 15.7. The summed E-state index contributed by atoms with van der Waals surface area (Å²) in [4.78, 5) is 0. The molecule has 0 saturated carbocycles. The molecule has 9 heteroatoms. The van der Waals surface area contributed by atoms with E-state index < -0.39 is 59.7 Å². The molecule has 108 valence electrons. The molecule has 0 aliphatic rings. The Morgan fingerprint density at radius 2 is 1.16 bits per heavy atom. The molecule has 1 aromatic carbocycles. The lowest BCUT2D eigenvalue weighted by molar-refractivity contribution is -0.136. The highest BCUT2D eigenvalue weighted by atomic mass is 19.4. The summed E-state index contributed by atoms with van der Waals surface area (Å²) in [5, 5.41) is 0. The normalized spacial score (nSPS) is 13.7. The number of nitrogens with two attached hydrogens (primary N) is 1. The Kier molecular flexibility index (Phi) is 4.39. The third-order valence-electron chi connectivity index (χ3n) is 2.35. The maximum absolute atomic E-state index is 13.2. The predicted molar refractivity (Wildman–Crippen MR) is 48.4 cm³/mol. The van der Waals surface area contributed by atoms with E-state index in [0.29, 0.717) is 0 Å². The van der Waals surface area contributed by atoms with Gasteiger partial charge in [0.1, 0.15) is 0 Å². The highest BCUT2D eigenvalue weighted by molar-refractivity contribution is 5.26. The molecule has 0 aromatic heterocycles. The monoisotopic (exact) mass is 293 g/mol. The first-order chi connectivity index (χ1) is 8.56. The third kappa shape index (κ3) is 3.34. The molecule has 1 rings (SSSR count). The van der Waals surface area contributed by atoms with Gasteiger partial charge in [-0.2, -0.15) is 13.2 Å². The molecule has 0 saturated heterocycles. The standard InChI is InChI=1S/C10H7F8N/c11-5-4(3(19)1-2-10(16,17)18)6(12)8(14)9(15)7(5)13/h3H,1-2,19H2/t3-/m0/s1. The first-order valence-electron chi connectivity index (χ1n) is 4.90. The van der Waals surface area contributed by atoms with Gasteiger partial charge in [0.05, 0.1) is 0 Å². The van der Waals surface area contributed by atoms with Crippen LogP contribution in [0.15, 0.2) is 0 Å². The van der Waals surface area contributed by atoms with Crippen LogP contribution in [0.4, 0.5) is 35.1 Å². The van der Waals surface area contributed by atoms with Crippen LogP contribution in [0, 0.1) is 29.1 Å². The minimum absolute atomic E-state index is 0.998. The Bertz CT molecular complexity index is 452. The largest absolute Gasteiger partial charge is 0.389 e. The van der Waals surface area contributed by atoms with Gasteiger partial charge in [0.15, 0.2) is 23.3 Å². The molecular formula is C10H7F8N. The zero-order chi connectivity index (χ0) is 15.0. The van der Waals surface area contributed by atoms with Crippen molar-refractivity contribution in [3.8, 4) is 0 Å². The lowest BCUT2D eigenvalue weighted by Crippen LogP contribution is -2.20. The second kappa shape index (κ2) is 5.32. The zero-order valence-corrected chi connectivity index (χ0v) is 9.09. The van der Waals surface area contributed by atoms with E-state index >= 15 is 0 Å². The Morgan fingerprint density at radius 1 is 0.789 bits per heavy atom. The number of hydrogen-bond donors (Lipinski definition) is 1. The van der Waals surface area contributed by atoms with Crippen molar-refractivity contribution in [3.63, 3.8) is 0 Å². The summed E-state index contributed by atoms with van der Waals surface area (Å²) in [5.74, 6) is -11.3. The van der Waals surface area contributed by atoms with Crippen LogP contribution in [-0.2, 0) is 0 Å². The summed E-state index contributed by atoms with van der Waals surface area (Å²) in [6.45, 7) is 0. The quantitative estimate of drug-likeness (QED) is 0.513. The topological polar surface area (TPSA) is 26.0 Å². The van der Waals surface area contributed by atoms with Gasteiger partial charge in [-0.3, -0.25) is 0 Å². The second-order valence-electron chi connectivity index (χ2n) is 3.74. The van der Waals surface area contributed by atoms with Gasteiger partial charge in [-0.05, 0) is 6.42 Å². The molecule has 0 amide bonds. The van der Waals surface area contributed by atoms with Gasteiger partial charge in [0, 0.05) is 18.0 Å². The summed E-state index contributed by atoms with van der Waals surface area (Å²) in [5.41, 5.74) is 3.61. The molecule has 2 N–H and O–H groups in total. The summed E-state index contributed by atoms with van der Waals surface area (Å²) in [6, 6.07) is -1.95. The van der Waals surface area contributed by atoms with Gasteiger partial charge < -0.3 is 5.73 Å². The van der Waals surface area contributed by atoms with Crippen molar-refractivity contribution in [1.29, 1.82) is 0 Å². The number of rotatable bonds is 3. The molecule has 0 spiro atoms. The summed E-state index contributed by atoms with van der Waals surface area (Å²) >= 11 is 0. The van der Waals surface area contributed by atoms with Crippen LogP contribution >= 0.6 is 0 Å². The molecule has 19 heavy (non-hydrogen) atoms. The summed E-state index contributed by atoms with van der Waals surface area (Å²) in [6.07, 6.45) is -7.16. The van der Waals surface area contributed by atoms with E-state index in [-0.39, 0.29) is 0 Å². The van der Waals surface area contributed by atoms with Gasteiger partial charge in [0.2, 0.25) is 5.82 Å². The van der Waals surface area contributed by atoms with E-state index in [1.807, 2.05) is 0 Å².